The third kappa shape index (κ3) is 5.38. The van der Waals surface area contributed by atoms with Crippen molar-refractivity contribution in [2.75, 3.05) is 5.32 Å². The lowest BCUT2D eigenvalue weighted by atomic mass is 9.90. The molecule has 2 N–H and O–H groups in total. The van der Waals surface area contributed by atoms with Gasteiger partial charge in [0.1, 0.15) is 0 Å². The molecule has 1 aliphatic rings. The van der Waals surface area contributed by atoms with Crippen molar-refractivity contribution in [2.45, 2.75) is 50.5 Å². The van der Waals surface area contributed by atoms with E-state index in [2.05, 4.69) is 15.7 Å². The average molecular weight is 521 g/mol. The maximum atomic E-state index is 13.4. The highest BCUT2D eigenvalue weighted by atomic mass is 35.5. The van der Waals surface area contributed by atoms with Gasteiger partial charge in [-0.05, 0) is 55.3 Å². The molecule has 34 heavy (non-hydrogen) atoms. The maximum absolute atomic E-state index is 13.4. The molecule has 1 aromatic heterocycles. The van der Waals surface area contributed by atoms with Crippen LogP contribution in [0.25, 0.3) is 10.8 Å². The van der Waals surface area contributed by atoms with E-state index < -0.39 is 24.2 Å². The second kappa shape index (κ2) is 9.58. The summed E-state index contributed by atoms with van der Waals surface area (Å²) in [6, 6.07) is 6.23. The Bertz CT molecular complexity index is 1210. The Morgan fingerprint density at radius 1 is 1.12 bits per heavy atom. The molecule has 5 nitrogen and oxygen atoms in total. The molecule has 12 heteroatoms. The fraction of sp³-hybridized carbons (Fsp3) is 0.364. The zero-order chi connectivity index (χ0) is 24.6. The summed E-state index contributed by atoms with van der Waals surface area (Å²) in [5, 5.41) is 10.4. The van der Waals surface area contributed by atoms with Crippen molar-refractivity contribution in [2.24, 2.45) is 0 Å². The number of carbonyl (C=O) groups is 1. The first-order chi connectivity index (χ1) is 16.0. The molecule has 1 fully saturated rings. The maximum Gasteiger partial charge on any atom is 0.416 e. The number of benzene rings is 2. The number of aromatic nitrogens is 2. The fourth-order valence-corrected chi connectivity index (χ4v) is 4.56. The quantitative estimate of drug-likeness (QED) is 0.359. The van der Waals surface area contributed by atoms with Crippen LogP contribution in [0.15, 0.2) is 36.5 Å². The van der Waals surface area contributed by atoms with Crippen molar-refractivity contribution >= 4 is 45.6 Å². The third-order valence-corrected chi connectivity index (χ3v) is 6.26. The van der Waals surface area contributed by atoms with Gasteiger partial charge in [-0.1, -0.05) is 29.3 Å². The Balaban J connectivity index is 1.52. The second-order valence-electron chi connectivity index (χ2n) is 8.16. The minimum atomic E-state index is -4.52. The first-order valence-electron chi connectivity index (χ1n) is 10.4. The van der Waals surface area contributed by atoms with Crippen LogP contribution < -0.4 is 10.6 Å². The molecule has 1 saturated carbocycles. The highest BCUT2D eigenvalue weighted by Crippen LogP contribution is 2.37. The number of hydrogen-bond acceptors (Lipinski definition) is 3. The van der Waals surface area contributed by atoms with Gasteiger partial charge in [0.15, 0.2) is 5.15 Å². The molecule has 0 spiro atoms. The van der Waals surface area contributed by atoms with E-state index in [4.69, 9.17) is 23.2 Å². The molecule has 2 atom stereocenters. The number of nitrogens with one attached hydrogen (secondary N) is 2. The lowest BCUT2D eigenvalue weighted by Crippen LogP contribution is -2.41. The van der Waals surface area contributed by atoms with E-state index in [1.807, 2.05) is 0 Å². The van der Waals surface area contributed by atoms with Crippen LogP contribution in [0.2, 0.25) is 10.2 Å². The lowest BCUT2D eigenvalue weighted by Gasteiger charge is -2.31. The van der Waals surface area contributed by atoms with E-state index in [1.165, 1.54) is 12.1 Å². The van der Waals surface area contributed by atoms with Gasteiger partial charge in [0, 0.05) is 34.4 Å². The fourth-order valence-electron chi connectivity index (χ4n) is 4.17. The van der Waals surface area contributed by atoms with Crippen molar-refractivity contribution in [3.05, 3.63) is 57.8 Å². The molecule has 0 radical (unpaired) electrons. The van der Waals surface area contributed by atoms with Gasteiger partial charge in [-0.2, -0.15) is 27.1 Å². The zero-order valence-electron chi connectivity index (χ0n) is 17.5. The van der Waals surface area contributed by atoms with Crippen LogP contribution in [0.1, 0.15) is 48.2 Å². The lowest BCUT2D eigenvalue weighted by molar-refractivity contribution is -0.137. The molecule has 1 heterocycles. The largest absolute Gasteiger partial charge is 0.416 e. The average Bonchev–Trinajstić information content (AvgIpc) is 3.16. The summed E-state index contributed by atoms with van der Waals surface area (Å²) in [7, 11) is 0. The van der Waals surface area contributed by atoms with Crippen LogP contribution in [0.4, 0.5) is 27.6 Å². The number of anilines is 1. The molecule has 2 aromatic carbocycles. The van der Waals surface area contributed by atoms with E-state index >= 15 is 0 Å². The minimum Gasteiger partial charge on any atom is -0.382 e. The predicted octanol–water partition coefficient (Wildman–Crippen LogP) is 6.91. The van der Waals surface area contributed by atoms with Crippen LogP contribution in [0.3, 0.4) is 0 Å². The van der Waals surface area contributed by atoms with Crippen LogP contribution in [0, 0.1) is 0 Å². The number of fused-ring (bicyclic) bond motifs is 1. The van der Waals surface area contributed by atoms with Crippen LogP contribution in [-0.2, 0) is 6.18 Å². The van der Waals surface area contributed by atoms with Gasteiger partial charge in [0.25, 0.3) is 5.91 Å². The van der Waals surface area contributed by atoms with Gasteiger partial charge in [-0.3, -0.25) is 4.79 Å². The predicted molar refractivity (Wildman–Crippen MR) is 120 cm³/mol. The first kappa shape index (κ1) is 24.5. The normalized spacial score (nSPS) is 18.9. The molecule has 0 aliphatic heterocycles. The number of halogens is 7. The summed E-state index contributed by atoms with van der Waals surface area (Å²) < 4.78 is 66.2. The minimum absolute atomic E-state index is 0.171. The topological polar surface area (TPSA) is 59.0 Å². The van der Waals surface area contributed by atoms with Crippen LogP contribution >= 0.6 is 23.2 Å². The van der Waals surface area contributed by atoms with Crippen molar-refractivity contribution in [1.29, 1.82) is 0 Å². The molecule has 0 saturated heterocycles. The summed E-state index contributed by atoms with van der Waals surface area (Å²) in [6.07, 6.45) is -1.22. The SMILES string of the molecule is O=C(N[C@@H]1CCC[C@H](Nc2cc(C(F)(F)F)cc3ccc(Cl)cc23)C1)c1cn(C(F)F)nc1Cl. The van der Waals surface area contributed by atoms with Crippen molar-refractivity contribution in [3.63, 3.8) is 0 Å². The summed E-state index contributed by atoms with van der Waals surface area (Å²) in [5.74, 6) is -0.640. The van der Waals surface area contributed by atoms with Gasteiger partial charge >= 0.3 is 12.7 Å². The number of amides is 1. The number of carbonyl (C=O) groups excluding carboxylic acids is 1. The first-order valence-corrected chi connectivity index (χ1v) is 11.2. The summed E-state index contributed by atoms with van der Waals surface area (Å²) in [5.41, 5.74) is -0.655. The van der Waals surface area contributed by atoms with Crippen molar-refractivity contribution in [3.8, 4) is 0 Å². The van der Waals surface area contributed by atoms with Gasteiger partial charge in [-0.25, -0.2) is 4.68 Å². The van der Waals surface area contributed by atoms with E-state index in [9.17, 15) is 26.7 Å². The number of nitrogens with zero attached hydrogens (tertiary/aromatic N) is 2. The molecule has 0 unspecified atom stereocenters. The Labute approximate surface area is 201 Å². The molecule has 4 rings (SSSR count). The van der Waals surface area contributed by atoms with Crippen LogP contribution in [0.5, 0.6) is 0 Å². The molecule has 1 aliphatic carbocycles. The summed E-state index contributed by atoms with van der Waals surface area (Å²) in [6.45, 7) is -2.93. The standard InChI is InChI=1S/C22H19Cl2F5N4O/c23-13-5-4-11-6-12(22(27,28)29)7-18(16(11)8-13)30-14-2-1-3-15(9-14)31-20(34)17-10-33(21(25)26)32-19(17)24/h4-8,10,14-15,21,30H,1-3,9H2,(H,31,34)/t14-,15+/m0/s1. The Kier molecular flexibility index (Phi) is 6.91. The molecule has 1 amide bonds. The highest BCUT2D eigenvalue weighted by Gasteiger charge is 2.32. The Hall–Kier alpha value is -2.59. The summed E-state index contributed by atoms with van der Waals surface area (Å²) >= 11 is 11.9. The number of rotatable bonds is 5. The van der Waals surface area contributed by atoms with Crippen molar-refractivity contribution < 1.29 is 26.7 Å². The number of hydrogen-bond donors (Lipinski definition) is 2. The zero-order valence-corrected chi connectivity index (χ0v) is 19.0. The Morgan fingerprint density at radius 2 is 1.85 bits per heavy atom. The number of alkyl halides is 5. The highest BCUT2D eigenvalue weighted by molar-refractivity contribution is 6.32. The van der Waals surface area contributed by atoms with Gasteiger partial charge in [0.05, 0.1) is 11.1 Å². The molecule has 0 bridgehead atoms. The Morgan fingerprint density at radius 3 is 2.53 bits per heavy atom. The van der Waals surface area contributed by atoms with E-state index in [0.29, 0.717) is 51.8 Å². The molecule has 3 aromatic rings. The summed E-state index contributed by atoms with van der Waals surface area (Å²) in [4.78, 5) is 12.5. The third-order valence-electron chi connectivity index (χ3n) is 5.74. The van der Waals surface area contributed by atoms with Crippen LogP contribution in [-0.4, -0.2) is 27.8 Å². The molecule has 182 valence electrons. The van der Waals surface area contributed by atoms with Crippen molar-refractivity contribution in [1.82, 2.24) is 15.1 Å². The smallest absolute Gasteiger partial charge is 0.382 e. The molecular weight excluding hydrogens is 502 g/mol. The van der Waals surface area contributed by atoms with E-state index in [1.54, 1.807) is 6.07 Å². The van der Waals surface area contributed by atoms with E-state index in [-0.39, 0.29) is 22.8 Å². The van der Waals surface area contributed by atoms with Gasteiger partial charge < -0.3 is 10.6 Å². The molecular formula is C22H19Cl2F5N4O. The van der Waals surface area contributed by atoms with Gasteiger partial charge in [0.2, 0.25) is 0 Å². The van der Waals surface area contributed by atoms with E-state index in [0.717, 1.165) is 18.3 Å². The van der Waals surface area contributed by atoms with Gasteiger partial charge in [-0.15, -0.1) is 0 Å². The second-order valence-corrected chi connectivity index (χ2v) is 8.95. The monoisotopic (exact) mass is 520 g/mol.